The maximum absolute atomic E-state index is 13.0. The van der Waals surface area contributed by atoms with E-state index >= 15 is 0 Å². The minimum atomic E-state index is -3.84. The third kappa shape index (κ3) is 8.70. The number of benzene rings is 3. The molecule has 0 spiro atoms. The molecule has 2 amide bonds. The molecular weight excluding hydrogens is 655 g/mol. The number of nitrogens with one attached hydrogen (secondary N) is 4. The molecule has 13 nitrogen and oxygen atoms in total. The molecule has 2 heterocycles. The predicted molar refractivity (Wildman–Crippen MR) is 177 cm³/mol. The number of piperidine rings is 1. The number of imide groups is 1. The normalized spacial score (nSPS) is 18.3. The molecule has 2 unspecified atom stereocenters. The van der Waals surface area contributed by atoms with Crippen LogP contribution in [0.25, 0.3) is 0 Å². The minimum absolute atomic E-state index is 0.00664. The van der Waals surface area contributed by atoms with Crippen LogP contribution in [0.3, 0.4) is 0 Å². The highest BCUT2D eigenvalue weighted by molar-refractivity contribution is 8.15. The van der Waals surface area contributed by atoms with Crippen LogP contribution in [0.15, 0.2) is 71.6 Å². The molecule has 0 aromatic heterocycles. The Kier molecular flexibility index (Phi) is 10.1. The Morgan fingerprint density at radius 1 is 0.957 bits per heavy atom. The lowest BCUT2D eigenvalue weighted by Crippen LogP contribution is -2.43. The fourth-order valence-corrected chi connectivity index (χ4v) is 7.76. The molecule has 46 heavy (non-hydrogen) atoms. The van der Waals surface area contributed by atoms with Gasteiger partial charge in [-0.05, 0) is 78.9 Å². The Morgan fingerprint density at radius 3 is 2.24 bits per heavy atom. The van der Waals surface area contributed by atoms with Gasteiger partial charge in [-0.25, -0.2) is 16.8 Å². The van der Waals surface area contributed by atoms with E-state index in [1.54, 1.807) is 30.3 Å². The molecular formula is C30H35N5O8S3. The quantitative estimate of drug-likeness (QED) is 0.153. The van der Waals surface area contributed by atoms with E-state index in [2.05, 4.69) is 25.0 Å². The van der Waals surface area contributed by atoms with Crippen molar-refractivity contribution in [1.82, 2.24) is 10.6 Å². The van der Waals surface area contributed by atoms with Gasteiger partial charge in [-0.2, -0.15) is 0 Å². The molecule has 246 valence electrons. The van der Waals surface area contributed by atoms with E-state index in [4.69, 9.17) is 0 Å². The summed E-state index contributed by atoms with van der Waals surface area (Å²) in [4.78, 5) is 25.5. The number of thioether (sulfide) groups is 1. The minimum Gasteiger partial charge on any atom is -0.506 e. The molecule has 0 bridgehead atoms. The third-order valence-corrected chi connectivity index (χ3v) is 10.7. The zero-order chi connectivity index (χ0) is 33.1. The number of aliphatic hydroxyl groups is 1. The number of hydrogen-bond donors (Lipinski definition) is 6. The first-order valence-electron chi connectivity index (χ1n) is 14.5. The van der Waals surface area contributed by atoms with Crippen molar-refractivity contribution in [2.24, 2.45) is 0 Å². The van der Waals surface area contributed by atoms with E-state index in [1.807, 2.05) is 12.1 Å². The average Bonchev–Trinajstić information content (AvgIpc) is 3.32. The zero-order valence-electron chi connectivity index (χ0n) is 24.8. The Hall–Kier alpha value is -3.83. The number of carbonyl (C=O) groups is 2. The third-order valence-electron chi connectivity index (χ3n) is 7.70. The number of amides is 2. The van der Waals surface area contributed by atoms with Crippen LogP contribution in [0.1, 0.15) is 30.1 Å². The molecule has 2 saturated heterocycles. The maximum atomic E-state index is 13.0. The van der Waals surface area contributed by atoms with Gasteiger partial charge in [0, 0.05) is 37.1 Å². The molecule has 2 atom stereocenters. The van der Waals surface area contributed by atoms with Crippen molar-refractivity contribution in [3.05, 3.63) is 77.9 Å². The van der Waals surface area contributed by atoms with E-state index in [0.717, 1.165) is 55.2 Å². The van der Waals surface area contributed by atoms with Gasteiger partial charge >= 0.3 is 0 Å². The van der Waals surface area contributed by atoms with E-state index in [-0.39, 0.29) is 40.1 Å². The van der Waals surface area contributed by atoms with Crippen LogP contribution < -0.4 is 25.0 Å². The van der Waals surface area contributed by atoms with Crippen molar-refractivity contribution in [1.29, 1.82) is 0 Å². The lowest BCUT2D eigenvalue weighted by molar-refractivity contribution is -0.118. The topological polar surface area (TPSA) is 194 Å². The van der Waals surface area contributed by atoms with E-state index in [0.29, 0.717) is 17.7 Å². The highest BCUT2D eigenvalue weighted by Crippen LogP contribution is 2.29. The standard InChI is InChI=1S/C30H35N5O8S3/c1-45(40,41)34-25-17-20(4-11-26(25)36)27(37)18-31-21-12-14-35(15-13-21)23-7-5-22(6-8-23)33-46(42,43)24-9-2-19(3-10-24)16-28-29(38)32-30(39)44-28/h2-11,17,21,27-28,31,33-34,36-37H,12-16,18H2,1H3,(H,32,38,39). The molecule has 0 aliphatic carbocycles. The Balaban J connectivity index is 1.09. The smallest absolute Gasteiger partial charge is 0.286 e. The Morgan fingerprint density at radius 2 is 1.63 bits per heavy atom. The van der Waals surface area contributed by atoms with E-state index < -0.39 is 31.4 Å². The van der Waals surface area contributed by atoms with Gasteiger partial charge in [0.2, 0.25) is 15.9 Å². The summed E-state index contributed by atoms with van der Waals surface area (Å²) >= 11 is 0.927. The molecule has 2 fully saturated rings. The monoisotopic (exact) mass is 689 g/mol. The van der Waals surface area contributed by atoms with Crippen molar-refractivity contribution in [3.63, 3.8) is 0 Å². The molecule has 2 aliphatic heterocycles. The van der Waals surface area contributed by atoms with Gasteiger partial charge in [0.25, 0.3) is 15.3 Å². The second-order valence-electron chi connectivity index (χ2n) is 11.2. The summed E-state index contributed by atoms with van der Waals surface area (Å²) in [6.45, 7) is 1.76. The van der Waals surface area contributed by atoms with Gasteiger partial charge in [-0.1, -0.05) is 30.0 Å². The van der Waals surface area contributed by atoms with Crippen LogP contribution in [-0.4, -0.2) is 75.4 Å². The van der Waals surface area contributed by atoms with Gasteiger partial charge in [0.1, 0.15) is 5.75 Å². The van der Waals surface area contributed by atoms with Crippen LogP contribution >= 0.6 is 11.8 Å². The van der Waals surface area contributed by atoms with Gasteiger partial charge in [0.15, 0.2) is 0 Å². The first kappa shape index (κ1) is 33.5. The highest BCUT2D eigenvalue weighted by Gasteiger charge is 2.31. The van der Waals surface area contributed by atoms with Crippen molar-refractivity contribution in [2.45, 2.75) is 41.6 Å². The van der Waals surface area contributed by atoms with Crippen molar-refractivity contribution in [3.8, 4) is 5.75 Å². The van der Waals surface area contributed by atoms with Gasteiger partial charge in [-0.3, -0.25) is 24.4 Å². The zero-order valence-corrected chi connectivity index (χ0v) is 27.3. The summed E-state index contributed by atoms with van der Waals surface area (Å²) in [6.07, 6.45) is 2.02. The van der Waals surface area contributed by atoms with Gasteiger partial charge in [0.05, 0.1) is 28.2 Å². The summed E-state index contributed by atoms with van der Waals surface area (Å²) in [5, 5.41) is 25.3. The summed E-state index contributed by atoms with van der Waals surface area (Å²) < 4.78 is 53.8. The lowest BCUT2D eigenvalue weighted by atomic mass is 10.0. The highest BCUT2D eigenvalue weighted by atomic mass is 32.2. The van der Waals surface area contributed by atoms with Crippen LogP contribution in [0, 0.1) is 0 Å². The predicted octanol–water partition coefficient (Wildman–Crippen LogP) is 2.75. The number of sulfonamides is 2. The first-order chi connectivity index (χ1) is 21.8. The fourth-order valence-electron chi connectivity index (χ4n) is 5.28. The summed E-state index contributed by atoms with van der Waals surface area (Å²) in [5.74, 6) is -0.576. The molecule has 6 N–H and O–H groups in total. The maximum Gasteiger partial charge on any atom is 0.286 e. The summed E-state index contributed by atoms with van der Waals surface area (Å²) in [6, 6.07) is 17.8. The molecule has 3 aromatic rings. The van der Waals surface area contributed by atoms with Gasteiger partial charge in [-0.15, -0.1) is 0 Å². The first-order valence-corrected chi connectivity index (χ1v) is 18.7. The number of rotatable bonds is 12. The average molecular weight is 690 g/mol. The molecule has 5 rings (SSSR count). The summed E-state index contributed by atoms with van der Waals surface area (Å²) in [7, 11) is -7.43. The number of aromatic hydroxyl groups is 1. The number of nitrogens with zero attached hydrogens (tertiary/aromatic N) is 1. The van der Waals surface area contributed by atoms with E-state index in [9.17, 15) is 36.6 Å². The number of aliphatic hydroxyl groups excluding tert-OH is 1. The fraction of sp³-hybridized carbons (Fsp3) is 0.333. The largest absolute Gasteiger partial charge is 0.506 e. The Labute approximate surface area is 271 Å². The Bertz CT molecular complexity index is 1790. The number of phenolic OH excluding ortho intramolecular Hbond substituents is 1. The molecule has 2 aliphatic rings. The number of anilines is 3. The number of carbonyl (C=O) groups excluding carboxylic acids is 2. The van der Waals surface area contributed by atoms with Gasteiger partial charge < -0.3 is 20.4 Å². The number of hydrogen-bond acceptors (Lipinski definition) is 11. The SMILES string of the molecule is CS(=O)(=O)Nc1cc(C(O)CNC2CCN(c3ccc(NS(=O)(=O)c4ccc(CC5SC(=O)NC5=O)cc4)cc3)CC2)ccc1O. The van der Waals surface area contributed by atoms with Crippen LogP contribution in [0.2, 0.25) is 0 Å². The summed E-state index contributed by atoms with van der Waals surface area (Å²) in [5.41, 5.74) is 2.59. The second kappa shape index (κ2) is 13.9. The lowest BCUT2D eigenvalue weighted by Gasteiger charge is -2.34. The molecule has 3 aromatic carbocycles. The van der Waals surface area contributed by atoms with Crippen LogP contribution in [0.5, 0.6) is 5.75 Å². The second-order valence-corrected chi connectivity index (χ2v) is 15.8. The molecule has 0 radical (unpaired) electrons. The van der Waals surface area contributed by atoms with Crippen molar-refractivity contribution < 1.29 is 36.6 Å². The van der Waals surface area contributed by atoms with Crippen molar-refractivity contribution >= 4 is 60.0 Å². The van der Waals surface area contributed by atoms with Crippen LogP contribution in [0.4, 0.5) is 21.9 Å². The van der Waals surface area contributed by atoms with Crippen LogP contribution in [-0.2, 0) is 31.3 Å². The van der Waals surface area contributed by atoms with Crippen molar-refractivity contribution in [2.75, 3.05) is 40.2 Å². The molecule has 16 heteroatoms. The molecule has 0 saturated carbocycles. The number of phenols is 1. The van der Waals surface area contributed by atoms with E-state index in [1.165, 1.54) is 24.3 Å².